The Morgan fingerprint density at radius 2 is 0.889 bits per heavy atom. The minimum atomic E-state index is -4.61. The number of hydrogen-bond donors (Lipinski definition) is 9. The van der Waals surface area contributed by atoms with Gasteiger partial charge in [-0.05, 0) is 178 Å². The molecule has 99 heavy (non-hydrogen) atoms. The van der Waals surface area contributed by atoms with Crippen LogP contribution >= 0.6 is 23.2 Å². The monoisotopic (exact) mass is 1420 g/mol. The van der Waals surface area contributed by atoms with Crippen LogP contribution in [-0.4, -0.2) is 123 Å². The molecule has 24 nitrogen and oxygen atoms in total. The maximum atomic E-state index is 13.1. The highest BCUT2D eigenvalue weighted by molar-refractivity contribution is 6.39. The number of amides is 5. The summed E-state index contributed by atoms with van der Waals surface area (Å²) >= 11 is 12.1. The Labute approximate surface area is 571 Å². The number of halogens is 9. The number of aromatic nitrogens is 6. The Bertz CT molecular complexity index is 4010. The van der Waals surface area contributed by atoms with Crippen LogP contribution in [0.15, 0.2) is 121 Å². The molecule has 9 N–H and O–H groups in total. The third kappa shape index (κ3) is 20.7. The minimum absolute atomic E-state index is 0.00744. The molecule has 5 amide bonds. The van der Waals surface area contributed by atoms with Crippen LogP contribution in [0.25, 0.3) is 0 Å². The van der Waals surface area contributed by atoms with Crippen molar-refractivity contribution in [2.45, 2.75) is 107 Å². The van der Waals surface area contributed by atoms with Crippen molar-refractivity contribution in [2.24, 2.45) is 11.8 Å². The molecule has 4 aliphatic carbocycles. The van der Waals surface area contributed by atoms with Crippen molar-refractivity contribution in [1.82, 2.24) is 51.2 Å². The molecule has 4 unspecified atom stereocenters. The molecule has 2 aromatic heterocycles. The molecule has 0 spiro atoms. The highest BCUT2D eigenvalue weighted by atomic mass is 35.5. The second-order valence-corrected chi connectivity index (χ2v) is 24.7. The first-order chi connectivity index (χ1) is 47.3. The molecule has 4 saturated carbocycles. The summed E-state index contributed by atoms with van der Waals surface area (Å²) in [5.41, 5.74) is 2.66. The SMILES string of the molecule is CCOC(=O)C(=O)NC1CCCC1CNC(=O)c1ccc(Nc2nc(NC3(c4ccc(Cl)cc4)CC3)nc(OCC(F)(F)F)n2)cc1.O=C(Nc1ccc(F)cc1)C(=O)NC1CCCC1CNC(=O)c1ccc(Nc2nc(NC3(c4ccc(Cl)cc4)CC3)nc(OCC(F)(F)F)n2)cc1. The Kier molecular flexibility index (Phi) is 22.8. The molecule has 4 aliphatic rings. The summed E-state index contributed by atoms with van der Waals surface area (Å²) in [6, 6.07) is 30.4. The fraction of sp³-hybridized carbons (Fsp3) is 0.364. The fourth-order valence-electron chi connectivity index (χ4n) is 11.2. The first-order valence-corrected chi connectivity index (χ1v) is 32.2. The standard InChI is InChI=1S/C35H33ClF4N8O4.C31H33ClF3N7O5/c36-23-8-6-22(7-9-23)34(16-17-34)48-32-45-31(46-33(47-32)52-19-35(38,39)40)43-26-12-4-20(5-13-26)28(49)41-18-21-2-1-3-27(21)44-30(51)29(50)42-25-14-10-24(37)11-15-25;1-2-46-26(45)25(44)38-23-5-3-4-19(23)16-36-24(43)18-6-12-22(13-7-18)37-27-39-28(41-29(40-27)47-17-31(33,34)35)42-30(14-15-30)20-8-10-21(32)11-9-20/h4-15,21,27H,1-3,16-19H2,(H,41,49)(H,42,50)(H,44,51)(H2,43,45,46,47,48);6-13,19,23H,2-5,14-17H2,1H3,(H,36,43)(H,38,44)(H2,37,39,40,41,42). The summed E-state index contributed by atoms with van der Waals surface area (Å²) in [6.45, 7) is -0.913. The number of nitrogens with zero attached hydrogens (tertiary/aromatic N) is 6. The molecule has 5 aromatic carbocycles. The first-order valence-electron chi connectivity index (χ1n) is 31.4. The topological polar surface area (TPSA) is 316 Å². The summed E-state index contributed by atoms with van der Waals surface area (Å²) < 4.78 is 105. The van der Waals surface area contributed by atoms with Crippen LogP contribution in [0.1, 0.15) is 103 Å². The second kappa shape index (κ2) is 31.6. The van der Waals surface area contributed by atoms with Gasteiger partial charge in [-0.25, -0.2) is 9.18 Å². The van der Waals surface area contributed by atoms with Gasteiger partial charge in [-0.2, -0.15) is 56.2 Å². The molecule has 0 saturated heterocycles. The maximum absolute atomic E-state index is 13.1. The Balaban J connectivity index is 0.000000215. The van der Waals surface area contributed by atoms with E-state index in [4.69, 9.17) is 37.4 Å². The third-order valence-electron chi connectivity index (χ3n) is 16.5. The number of alkyl halides is 6. The lowest BCUT2D eigenvalue weighted by Crippen LogP contribution is -2.46. The molecule has 11 rings (SSSR count). The molecular formula is C66H66Cl2F7N15O9. The van der Waals surface area contributed by atoms with Crippen molar-refractivity contribution in [3.63, 3.8) is 0 Å². The van der Waals surface area contributed by atoms with Crippen molar-refractivity contribution in [1.29, 1.82) is 0 Å². The summed E-state index contributed by atoms with van der Waals surface area (Å²) in [4.78, 5) is 99.2. The fourth-order valence-corrected chi connectivity index (χ4v) is 11.4. The van der Waals surface area contributed by atoms with E-state index in [-0.39, 0.29) is 78.4 Å². The number of ether oxygens (including phenoxy) is 3. The molecule has 522 valence electrons. The van der Waals surface area contributed by atoms with Gasteiger partial charge in [0.2, 0.25) is 23.8 Å². The molecule has 0 aliphatic heterocycles. The predicted octanol–water partition coefficient (Wildman–Crippen LogP) is 11.0. The summed E-state index contributed by atoms with van der Waals surface area (Å²) in [7, 11) is 0. The number of carbonyl (C=O) groups excluding carboxylic acids is 6. The van der Waals surface area contributed by atoms with Crippen molar-refractivity contribution < 1.29 is 73.7 Å². The van der Waals surface area contributed by atoms with Gasteiger partial charge in [0, 0.05) is 63.4 Å². The van der Waals surface area contributed by atoms with Gasteiger partial charge in [-0.15, -0.1) is 0 Å². The smallest absolute Gasteiger partial charge is 0.422 e. The van der Waals surface area contributed by atoms with Gasteiger partial charge in [-0.1, -0.05) is 60.3 Å². The van der Waals surface area contributed by atoms with Crippen molar-refractivity contribution in [2.75, 3.05) is 59.5 Å². The zero-order chi connectivity index (χ0) is 70.5. The quantitative estimate of drug-likeness (QED) is 0.0154. The molecule has 0 radical (unpaired) electrons. The van der Waals surface area contributed by atoms with Crippen molar-refractivity contribution in [3.8, 4) is 12.0 Å². The molecule has 33 heteroatoms. The van der Waals surface area contributed by atoms with Gasteiger partial charge < -0.3 is 62.1 Å². The number of hydrogen-bond acceptors (Lipinski definition) is 19. The van der Waals surface area contributed by atoms with Crippen molar-refractivity contribution in [3.05, 3.63) is 159 Å². The lowest BCUT2D eigenvalue weighted by Gasteiger charge is -2.21. The predicted molar refractivity (Wildman–Crippen MR) is 349 cm³/mol. The Morgan fingerprint density at radius 3 is 1.28 bits per heavy atom. The lowest BCUT2D eigenvalue weighted by atomic mass is 10.0. The number of nitrogens with one attached hydrogen (secondary N) is 9. The maximum Gasteiger partial charge on any atom is 0.422 e. The molecular weight excluding hydrogens is 1350 g/mol. The van der Waals surface area contributed by atoms with E-state index in [1.54, 1.807) is 79.7 Å². The summed E-state index contributed by atoms with van der Waals surface area (Å²) in [5.74, 6) is -4.91. The zero-order valence-corrected chi connectivity index (χ0v) is 54.2. The van der Waals surface area contributed by atoms with Crippen LogP contribution in [0.2, 0.25) is 10.0 Å². The number of rotatable bonds is 24. The normalized spacial score (nSPS) is 17.8. The van der Waals surface area contributed by atoms with Gasteiger partial charge in [-0.3, -0.25) is 24.0 Å². The highest BCUT2D eigenvalue weighted by Gasteiger charge is 2.47. The van der Waals surface area contributed by atoms with E-state index in [0.717, 1.165) is 62.5 Å². The van der Waals surface area contributed by atoms with Gasteiger partial charge in [0.1, 0.15) is 5.82 Å². The van der Waals surface area contributed by atoms with Gasteiger partial charge in [0.15, 0.2) is 13.2 Å². The summed E-state index contributed by atoms with van der Waals surface area (Å²) in [5, 5.41) is 27.0. The van der Waals surface area contributed by atoms with Crippen LogP contribution in [0.4, 0.5) is 71.6 Å². The average Bonchev–Trinajstić information content (AvgIpc) is 1.62. The highest BCUT2D eigenvalue weighted by Crippen LogP contribution is 2.49. The zero-order valence-electron chi connectivity index (χ0n) is 52.7. The van der Waals surface area contributed by atoms with Crippen LogP contribution < -0.4 is 57.3 Å². The molecule has 2 heterocycles. The van der Waals surface area contributed by atoms with Gasteiger partial charge >= 0.3 is 48.1 Å². The number of benzene rings is 5. The van der Waals surface area contributed by atoms with E-state index in [1.807, 2.05) is 24.3 Å². The van der Waals surface area contributed by atoms with E-state index >= 15 is 0 Å². The number of anilines is 7. The molecule has 4 fully saturated rings. The second-order valence-electron chi connectivity index (χ2n) is 23.8. The summed E-state index contributed by atoms with van der Waals surface area (Å²) in [6.07, 6.45) is -1.79. The lowest BCUT2D eigenvalue weighted by molar-refractivity contribution is -0.155. The van der Waals surface area contributed by atoms with Crippen LogP contribution in [-0.2, 0) is 35.0 Å². The first kappa shape index (κ1) is 71.6. The van der Waals surface area contributed by atoms with Crippen LogP contribution in [0.3, 0.4) is 0 Å². The van der Waals surface area contributed by atoms with E-state index in [9.17, 15) is 59.5 Å². The largest absolute Gasteiger partial charge is 0.459 e. The van der Waals surface area contributed by atoms with Gasteiger partial charge in [0.25, 0.3) is 11.8 Å². The Morgan fingerprint density at radius 1 is 0.495 bits per heavy atom. The van der Waals surface area contributed by atoms with Gasteiger partial charge in [0.05, 0.1) is 17.7 Å². The minimum Gasteiger partial charge on any atom is -0.459 e. The van der Waals surface area contributed by atoms with E-state index in [2.05, 4.69) is 77.8 Å². The van der Waals surface area contributed by atoms with E-state index in [1.165, 1.54) is 24.3 Å². The number of esters is 1. The third-order valence-corrected chi connectivity index (χ3v) is 17.0. The van der Waals surface area contributed by atoms with E-state index < -0.39 is 78.2 Å². The van der Waals surface area contributed by atoms with E-state index in [0.29, 0.717) is 51.9 Å². The Hall–Kier alpha value is -10.2. The van der Waals surface area contributed by atoms with Crippen LogP contribution in [0.5, 0.6) is 12.0 Å². The van der Waals surface area contributed by atoms with Crippen molar-refractivity contribution >= 4 is 99.6 Å². The van der Waals surface area contributed by atoms with Crippen LogP contribution in [0, 0.1) is 17.7 Å². The molecule has 4 atom stereocenters. The molecule has 0 bridgehead atoms. The number of carbonyl (C=O) groups is 6. The molecule has 7 aromatic rings. The average molecular weight is 1420 g/mol.